The van der Waals surface area contributed by atoms with Gasteiger partial charge in [0.25, 0.3) is 0 Å². The highest BCUT2D eigenvalue weighted by Gasteiger charge is 2.37. The van der Waals surface area contributed by atoms with Crippen LogP contribution in [0.25, 0.3) is 10.9 Å². The van der Waals surface area contributed by atoms with Gasteiger partial charge in [0.15, 0.2) is 0 Å². The van der Waals surface area contributed by atoms with Gasteiger partial charge in [0.2, 0.25) is 5.91 Å². The molecule has 1 atom stereocenters. The zero-order valence-corrected chi connectivity index (χ0v) is 16.9. The molecule has 1 amide bonds. The first-order valence-electron chi connectivity index (χ1n) is 10.4. The number of nitrogens with zero attached hydrogens (tertiary/aromatic N) is 1. The largest absolute Gasteiger partial charge is 0.416 e. The van der Waals surface area contributed by atoms with E-state index in [1.54, 1.807) is 17.2 Å². The van der Waals surface area contributed by atoms with E-state index in [4.69, 9.17) is 0 Å². The van der Waals surface area contributed by atoms with E-state index in [1.807, 2.05) is 25.1 Å². The van der Waals surface area contributed by atoms with E-state index >= 15 is 0 Å². The molecule has 0 bridgehead atoms. The van der Waals surface area contributed by atoms with Crippen molar-refractivity contribution in [2.24, 2.45) is 0 Å². The Morgan fingerprint density at radius 2 is 1.80 bits per heavy atom. The fourth-order valence-electron chi connectivity index (χ4n) is 4.54. The Kier molecular flexibility index (Phi) is 5.58. The molecule has 6 heteroatoms. The number of aryl methyl sites for hydroxylation is 1. The molecular formula is C24H25F3N2O. The molecule has 2 aromatic carbocycles. The molecule has 1 aromatic heterocycles. The lowest BCUT2D eigenvalue weighted by Crippen LogP contribution is -2.29. The third-order valence-corrected chi connectivity index (χ3v) is 6.07. The molecule has 1 fully saturated rings. The molecule has 1 N–H and O–H groups in total. The van der Waals surface area contributed by atoms with Gasteiger partial charge in [-0.3, -0.25) is 4.79 Å². The van der Waals surface area contributed by atoms with E-state index in [2.05, 4.69) is 4.98 Å². The maximum Gasteiger partial charge on any atom is 0.416 e. The summed E-state index contributed by atoms with van der Waals surface area (Å²) in [5.41, 5.74) is 2.25. The van der Waals surface area contributed by atoms with E-state index in [0.29, 0.717) is 13.1 Å². The summed E-state index contributed by atoms with van der Waals surface area (Å²) in [5, 5.41) is 0.880. The number of halogens is 3. The van der Waals surface area contributed by atoms with Crippen molar-refractivity contribution in [2.75, 3.05) is 13.1 Å². The first-order chi connectivity index (χ1) is 14.4. The van der Waals surface area contributed by atoms with Crippen LogP contribution in [-0.4, -0.2) is 28.9 Å². The summed E-state index contributed by atoms with van der Waals surface area (Å²) in [6, 6.07) is 11.5. The Morgan fingerprint density at radius 3 is 2.50 bits per heavy atom. The lowest BCUT2D eigenvalue weighted by molar-refractivity contribution is -0.139. The molecule has 3 aromatic rings. The van der Waals surface area contributed by atoms with Crippen molar-refractivity contribution in [3.05, 3.63) is 70.9 Å². The van der Waals surface area contributed by atoms with Gasteiger partial charge in [-0.1, -0.05) is 43.3 Å². The Hall–Kier alpha value is -2.76. The Balaban J connectivity index is 1.84. The molecule has 1 saturated heterocycles. The van der Waals surface area contributed by atoms with Crippen LogP contribution in [0.3, 0.4) is 0 Å². The standard InChI is InChI=1S/C24H25F3N2O/c1-2-16-8-7-10-18-20(15-28-23(16)18)19(14-22(30)29-12-5-6-13-29)17-9-3-4-11-21(17)24(25,26)27/h3-4,7-11,15,19,28H,2,5-6,12-14H2,1H3/t19-/m0/s1. The molecule has 30 heavy (non-hydrogen) atoms. The highest BCUT2D eigenvalue weighted by molar-refractivity contribution is 5.88. The van der Waals surface area contributed by atoms with E-state index in [1.165, 1.54) is 12.1 Å². The Labute approximate surface area is 173 Å². The zero-order chi connectivity index (χ0) is 21.3. The smallest absolute Gasteiger partial charge is 0.361 e. The van der Waals surface area contributed by atoms with Gasteiger partial charge in [0.1, 0.15) is 0 Å². The normalized spacial score (nSPS) is 15.7. The highest BCUT2D eigenvalue weighted by Crippen LogP contribution is 2.41. The van der Waals surface area contributed by atoms with Gasteiger partial charge < -0.3 is 9.88 Å². The lowest BCUT2D eigenvalue weighted by atomic mass is 9.84. The molecule has 2 heterocycles. The van der Waals surface area contributed by atoms with Crippen LogP contribution >= 0.6 is 0 Å². The number of rotatable bonds is 5. The van der Waals surface area contributed by atoms with E-state index < -0.39 is 17.7 Å². The number of carbonyl (C=O) groups is 1. The molecule has 0 unspecified atom stereocenters. The molecule has 0 saturated carbocycles. The van der Waals surface area contributed by atoms with Gasteiger partial charge in [-0.05, 0) is 42.0 Å². The quantitative estimate of drug-likeness (QED) is 0.555. The topological polar surface area (TPSA) is 36.1 Å². The summed E-state index contributed by atoms with van der Waals surface area (Å²) in [6.07, 6.45) is 0.0281. The number of fused-ring (bicyclic) bond motifs is 1. The summed E-state index contributed by atoms with van der Waals surface area (Å²) in [5.74, 6) is -0.757. The van der Waals surface area contributed by atoms with Gasteiger partial charge in [0, 0.05) is 42.5 Å². The summed E-state index contributed by atoms with van der Waals surface area (Å²) in [6.45, 7) is 3.41. The Morgan fingerprint density at radius 1 is 1.07 bits per heavy atom. The number of amides is 1. The second-order valence-corrected chi connectivity index (χ2v) is 7.87. The third kappa shape index (κ3) is 3.83. The second kappa shape index (κ2) is 8.17. The lowest BCUT2D eigenvalue weighted by Gasteiger charge is -2.24. The number of aromatic amines is 1. The van der Waals surface area contributed by atoms with E-state index in [-0.39, 0.29) is 17.9 Å². The van der Waals surface area contributed by atoms with Crippen molar-refractivity contribution in [1.82, 2.24) is 9.88 Å². The molecule has 3 nitrogen and oxygen atoms in total. The second-order valence-electron chi connectivity index (χ2n) is 7.87. The van der Waals surface area contributed by atoms with E-state index in [9.17, 15) is 18.0 Å². The number of para-hydroxylation sites is 1. The van der Waals surface area contributed by atoms with Crippen molar-refractivity contribution >= 4 is 16.8 Å². The molecular weight excluding hydrogens is 389 g/mol. The number of hydrogen-bond donors (Lipinski definition) is 1. The third-order valence-electron chi connectivity index (χ3n) is 6.07. The molecule has 0 aliphatic carbocycles. The molecule has 158 valence electrons. The predicted octanol–water partition coefficient (Wildman–Crippen LogP) is 5.89. The summed E-state index contributed by atoms with van der Waals surface area (Å²) in [4.78, 5) is 18.0. The molecule has 4 rings (SSSR count). The predicted molar refractivity (Wildman–Crippen MR) is 111 cm³/mol. The molecule has 1 aliphatic rings. The zero-order valence-electron chi connectivity index (χ0n) is 16.9. The molecule has 1 aliphatic heterocycles. The van der Waals surface area contributed by atoms with E-state index in [0.717, 1.165) is 47.4 Å². The number of nitrogens with one attached hydrogen (secondary N) is 1. The van der Waals surface area contributed by atoms with Crippen LogP contribution in [0.15, 0.2) is 48.7 Å². The minimum absolute atomic E-state index is 0.0242. The molecule has 0 spiro atoms. The monoisotopic (exact) mass is 414 g/mol. The number of carbonyl (C=O) groups excluding carboxylic acids is 1. The summed E-state index contributed by atoms with van der Waals surface area (Å²) < 4.78 is 41.5. The van der Waals surface area contributed by atoms with Crippen molar-refractivity contribution in [1.29, 1.82) is 0 Å². The van der Waals surface area contributed by atoms with Gasteiger partial charge >= 0.3 is 6.18 Å². The average Bonchev–Trinajstić information content (AvgIpc) is 3.41. The molecule has 0 radical (unpaired) electrons. The van der Waals surface area contributed by atoms with Crippen molar-refractivity contribution in [2.45, 2.75) is 44.7 Å². The Bertz CT molecular complexity index is 1050. The summed E-state index contributed by atoms with van der Waals surface area (Å²) >= 11 is 0. The van der Waals surface area contributed by atoms with Crippen LogP contribution in [0.2, 0.25) is 0 Å². The van der Waals surface area contributed by atoms with Crippen molar-refractivity contribution in [3.8, 4) is 0 Å². The van der Waals surface area contributed by atoms with Crippen molar-refractivity contribution in [3.63, 3.8) is 0 Å². The van der Waals surface area contributed by atoms with Gasteiger partial charge in [0.05, 0.1) is 5.56 Å². The van der Waals surface area contributed by atoms with Crippen LogP contribution in [0.1, 0.15) is 54.4 Å². The maximum atomic E-state index is 13.8. The number of hydrogen-bond acceptors (Lipinski definition) is 1. The minimum Gasteiger partial charge on any atom is -0.361 e. The van der Waals surface area contributed by atoms with Gasteiger partial charge in [-0.25, -0.2) is 0 Å². The van der Waals surface area contributed by atoms with Crippen LogP contribution in [0.4, 0.5) is 13.2 Å². The highest BCUT2D eigenvalue weighted by atomic mass is 19.4. The van der Waals surface area contributed by atoms with Crippen LogP contribution in [0.5, 0.6) is 0 Å². The van der Waals surface area contributed by atoms with Crippen LogP contribution in [-0.2, 0) is 17.4 Å². The van der Waals surface area contributed by atoms with Crippen LogP contribution < -0.4 is 0 Å². The average molecular weight is 414 g/mol. The SMILES string of the molecule is CCc1cccc2c([C@@H](CC(=O)N3CCCC3)c3ccccc3C(F)(F)F)c[nH]c12. The maximum absolute atomic E-state index is 13.8. The fourth-order valence-corrected chi connectivity index (χ4v) is 4.54. The number of aromatic nitrogens is 1. The van der Waals surface area contributed by atoms with Crippen LogP contribution in [0, 0.1) is 0 Å². The minimum atomic E-state index is -4.48. The van der Waals surface area contributed by atoms with Gasteiger partial charge in [-0.2, -0.15) is 13.2 Å². The van der Waals surface area contributed by atoms with Gasteiger partial charge in [-0.15, -0.1) is 0 Å². The first kappa shape index (κ1) is 20.5. The number of likely N-dealkylation sites (tertiary alicyclic amines) is 1. The van der Waals surface area contributed by atoms with Crippen molar-refractivity contribution < 1.29 is 18.0 Å². The fraction of sp³-hybridized carbons (Fsp3) is 0.375. The number of H-pyrrole nitrogens is 1. The number of benzene rings is 2. The summed E-state index contributed by atoms with van der Waals surface area (Å²) in [7, 11) is 0. The number of alkyl halides is 3. The first-order valence-corrected chi connectivity index (χ1v) is 10.4.